The number of nitrogens with one attached hydrogen (secondary N) is 1. The predicted molar refractivity (Wildman–Crippen MR) is 73.9 cm³/mol. The molecule has 0 heterocycles. The number of hydrogen-bond acceptors (Lipinski definition) is 2. The van der Waals surface area contributed by atoms with Crippen LogP contribution in [0.1, 0.15) is 32.3 Å². The van der Waals surface area contributed by atoms with E-state index >= 15 is 0 Å². The number of rotatable bonds is 7. The van der Waals surface area contributed by atoms with Gasteiger partial charge < -0.3 is 10.4 Å². The van der Waals surface area contributed by atoms with Crippen molar-refractivity contribution in [2.75, 3.05) is 13.1 Å². The van der Waals surface area contributed by atoms with Gasteiger partial charge >= 0.3 is 0 Å². The van der Waals surface area contributed by atoms with Gasteiger partial charge in [-0.05, 0) is 24.0 Å². The lowest BCUT2D eigenvalue weighted by Crippen LogP contribution is -2.39. The van der Waals surface area contributed by atoms with E-state index in [9.17, 15) is 5.11 Å². The number of benzene rings is 1. The lowest BCUT2D eigenvalue weighted by molar-refractivity contribution is 0.0337. The van der Waals surface area contributed by atoms with Gasteiger partial charge in [0.1, 0.15) is 0 Å². The summed E-state index contributed by atoms with van der Waals surface area (Å²) in [6, 6.07) is 10.1. The quantitative estimate of drug-likeness (QED) is 0.759. The molecule has 0 aromatic heterocycles. The van der Waals surface area contributed by atoms with E-state index in [-0.39, 0.29) is 0 Å². The van der Waals surface area contributed by atoms with E-state index < -0.39 is 5.60 Å². The van der Waals surface area contributed by atoms with Crippen LogP contribution in [-0.2, 0) is 0 Å². The highest BCUT2D eigenvalue weighted by atomic mass is 16.3. The van der Waals surface area contributed by atoms with Crippen LogP contribution in [-0.4, -0.2) is 23.8 Å². The minimum Gasteiger partial charge on any atom is -0.389 e. The molecule has 1 aromatic carbocycles. The van der Waals surface area contributed by atoms with Gasteiger partial charge in [0.25, 0.3) is 0 Å². The molecule has 17 heavy (non-hydrogen) atoms. The van der Waals surface area contributed by atoms with Gasteiger partial charge in [-0.1, -0.05) is 50.8 Å². The molecule has 0 saturated carbocycles. The molecule has 2 N–H and O–H groups in total. The molecule has 0 aliphatic heterocycles. The Labute approximate surface area is 104 Å². The molecule has 0 spiro atoms. The molecule has 0 unspecified atom stereocenters. The van der Waals surface area contributed by atoms with Gasteiger partial charge in [-0.2, -0.15) is 0 Å². The second-order valence-corrected chi connectivity index (χ2v) is 4.50. The summed E-state index contributed by atoms with van der Waals surface area (Å²) in [7, 11) is 0. The van der Waals surface area contributed by atoms with E-state index in [4.69, 9.17) is 0 Å². The van der Waals surface area contributed by atoms with Gasteiger partial charge in [-0.3, -0.25) is 0 Å². The van der Waals surface area contributed by atoms with E-state index in [0.717, 1.165) is 24.0 Å². The third-order valence-corrected chi connectivity index (χ3v) is 3.29. The first-order valence-electron chi connectivity index (χ1n) is 6.27. The van der Waals surface area contributed by atoms with Crippen LogP contribution >= 0.6 is 0 Å². The molecule has 0 radical (unpaired) electrons. The average molecular weight is 233 g/mol. The maximum Gasteiger partial charge on any atom is 0.0766 e. The summed E-state index contributed by atoms with van der Waals surface area (Å²) in [5, 5.41) is 13.4. The van der Waals surface area contributed by atoms with Gasteiger partial charge in [-0.15, -0.1) is 0 Å². The van der Waals surface area contributed by atoms with Crippen LogP contribution in [0.4, 0.5) is 0 Å². The van der Waals surface area contributed by atoms with Crippen LogP contribution in [0.15, 0.2) is 36.9 Å². The summed E-state index contributed by atoms with van der Waals surface area (Å²) in [6.07, 6.45) is 1.54. The topological polar surface area (TPSA) is 32.3 Å². The van der Waals surface area contributed by atoms with Crippen LogP contribution in [0.3, 0.4) is 0 Å². The van der Waals surface area contributed by atoms with Crippen LogP contribution < -0.4 is 5.32 Å². The van der Waals surface area contributed by atoms with E-state index in [0.29, 0.717) is 13.1 Å². The van der Waals surface area contributed by atoms with Gasteiger partial charge in [-0.25, -0.2) is 0 Å². The van der Waals surface area contributed by atoms with Crippen LogP contribution in [0.5, 0.6) is 0 Å². The Kier molecular flexibility index (Phi) is 5.39. The third-order valence-electron chi connectivity index (χ3n) is 3.29. The summed E-state index contributed by atoms with van der Waals surface area (Å²) < 4.78 is 0. The standard InChI is InChI=1S/C15H23NO/c1-4-15(17,5-2)12-16-11-13(3)14-9-7-6-8-10-14/h6-10,16-17H,3-5,11-12H2,1-2H3. The maximum atomic E-state index is 10.1. The molecule has 2 heteroatoms. The first kappa shape index (κ1) is 13.9. The minimum absolute atomic E-state index is 0.586. The Bertz CT molecular complexity index is 341. The van der Waals surface area contributed by atoms with Crippen molar-refractivity contribution in [3.8, 4) is 0 Å². The molecule has 94 valence electrons. The smallest absolute Gasteiger partial charge is 0.0766 e. The largest absolute Gasteiger partial charge is 0.389 e. The molecule has 0 amide bonds. The molecule has 0 saturated heterocycles. The van der Waals surface area contributed by atoms with Crippen molar-refractivity contribution in [2.24, 2.45) is 0 Å². The Balaban J connectivity index is 2.40. The lowest BCUT2D eigenvalue weighted by atomic mass is 9.97. The fourth-order valence-corrected chi connectivity index (χ4v) is 1.72. The van der Waals surface area contributed by atoms with Crippen molar-refractivity contribution in [1.29, 1.82) is 0 Å². The second kappa shape index (κ2) is 6.58. The average Bonchev–Trinajstić information content (AvgIpc) is 2.39. The van der Waals surface area contributed by atoms with Crippen LogP contribution in [0, 0.1) is 0 Å². The van der Waals surface area contributed by atoms with Crippen molar-refractivity contribution in [1.82, 2.24) is 5.32 Å². The summed E-state index contributed by atoms with van der Waals surface area (Å²) in [5.41, 5.74) is 1.62. The van der Waals surface area contributed by atoms with Crippen LogP contribution in [0.25, 0.3) is 5.57 Å². The molecular formula is C15H23NO. The van der Waals surface area contributed by atoms with E-state index in [2.05, 4.69) is 24.0 Å². The van der Waals surface area contributed by atoms with E-state index in [1.165, 1.54) is 0 Å². The highest BCUT2D eigenvalue weighted by Gasteiger charge is 2.21. The molecular weight excluding hydrogens is 210 g/mol. The highest BCUT2D eigenvalue weighted by molar-refractivity contribution is 5.64. The molecule has 0 aliphatic carbocycles. The van der Waals surface area contributed by atoms with Crippen molar-refractivity contribution >= 4 is 5.57 Å². The molecule has 1 aromatic rings. The third kappa shape index (κ3) is 4.33. The van der Waals surface area contributed by atoms with Crippen molar-refractivity contribution in [3.05, 3.63) is 42.5 Å². The molecule has 1 rings (SSSR count). The Morgan fingerprint density at radius 2 is 1.82 bits per heavy atom. The first-order valence-corrected chi connectivity index (χ1v) is 6.27. The zero-order chi connectivity index (χ0) is 12.7. The lowest BCUT2D eigenvalue weighted by Gasteiger charge is -2.25. The summed E-state index contributed by atoms with van der Waals surface area (Å²) in [5.74, 6) is 0. The zero-order valence-electron chi connectivity index (χ0n) is 10.9. The summed E-state index contributed by atoms with van der Waals surface area (Å²) >= 11 is 0. The van der Waals surface area contributed by atoms with E-state index in [1.807, 2.05) is 32.0 Å². The number of hydrogen-bond donors (Lipinski definition) is 2. The maximum absolute atomic E-state index is 10.1. The highest BCUT2D eigenvalue weighted by Crippen LogP contribution is 2.14. The van der Waals surface area contributed by atoms with Gasteiger partial charge in [0.2, 0.25) is 0 Å². The second-order valence-electron chi connectivity index (χ2n) is 4.50. The van der Waals surface area contributed by atoms with Gasteiger partial charge in [0.15, 0.2) is 0 Å². The fraction of sp³-hybridized carbons (Fsp3) is 0.467. The molecule has 0 fully saturated rings. The summed E-state index contributed by atoms with van der Waals surface area (Å²) in [4.78, 5) is 0. The Morgan fingerprint density at radius 1 is 1.24 bits per heavy atom. The monoisotopic (exact) mass is 233 g/mol. The first-order chi connectivity index (χ1) is 8.11. The minimum atomic E-state index is -0.586. The molecule has 2 nitrogen and oxygen atoms in total. The molecule has 0 atom stereocenters. The Hall–Kier alpha value is -1.12. The van der Waals surface area contributed by atoms with Gasteiger partial charge in [0.05, 0.1) is 5.60 Å². The normalized spacial score (nSPS) is 11.5. The number of aliphatic hydroxyl groups is 1. The van der Waals surface area contributed by atoms with Crippen LogP contribution in [0.2, 0.25) is 0 Å². The van der Waals surface area contributed by atoms with Crippen molar-refractivity contribution in [2.45, 2.75) is 32.3 Å². The molecule has 0 bridgehead atoms. The van der Waals surface area contributed by atoms with Crippen molar-refractivity contribution < 1.29 is 5.11 Å². The fourth-order valence-electron chi connectivity index (χ4n) is 1.72. The van der Waals surface area contributed by atoms with E-state index in [1.54, 1.807) is 0 Å². The molecule has 0 aliphatic rings. The summed E-state index contributed by atoms with van der Waals surface area (Å²) in [6.45, 7) is 9.41. The van der Waals surface area contributed by atoms with Crippen molar-refractivity contribution in [3.63, 3.8) is 0 Å². The predicted octanol–water partition coefficient (Wildman–Crippen LogP) is 2.84. The zero-order valence-corrected chi connectivity index (χ0v) is 10.9. The Morgan fingerprint density at radius 3 is 2.35 bits per heavy atom. The SMILES string of the molecule is C=C(CNCC(O)(CC)CC)c1ccccc1. The van der Waals surface area contributed by atoms with Gasteiger partial charge in [0, 0.05) is 13.1 Å².